The van der Waals surface area contributed by atoms with Crippen molar-refractivity contribution < 1.29 is 0 Å². The number of nitrogens with zero attached hydrogens (tertiary/aromatic N) is 3. The minimum atomic E-state index is 0.511. The van der Waals surface area contributed by atoms with E-state index in [1.165, 1.54) is 31.3 Å². The van der Waals surface area contributed by atoms with Gasteiger partial charge in [-0.2, -0.15) is 5.10 Å². The largest absolute Gasteiger partial charge is 0.382 e. The standard InChI is InChI=1S/C12H18N4/c1-3-4-5-9(2)10-6-7-11-12(13)14-8-15-16(10)11/h6-9H,3-5H2,1-2H3,(H2,13,14,15)/t9-/m1/s1. The second-order valence-electron chi connectivity index (χ2n) is 4.24. The van der Waals surface area contributed by atoms with Crippen LogP contribution in [0.25, 0.3) is 5.52 Å². The molecule has 0 aliphatic heterocycles. The highest BCUT2D eigenvalue weighted by atomic mass is 15.3. The molecule has 0 saturated heterocycles. The molecule has 0 aliphatic carbocycles. The van der Waals surface area contributed by atoms with Gasteiger partial charge >= 0.3 is 0 Å². The zero-order valence-electron chi connectivity index (χ0n) is 9.85. The fraction of sp³-hybridized carbons (Fsp3) is 0.500. The highest BCUT2D eigenvalue weighted by Crippen LogP contribution is 2.24. The lowest BCUT2D eigenvalue weighted by molar-refractivity contribution is 0.597. The van der Waals surface area contributed by atoms with Crippen LogP contribution >= 0.6 is 0 Å². The Labute approximate surface area is 95.5 Å². The van der Waals surface area contributed by atoms with Gasteiger partial charge in [0.1, 0.15) is 11.8 Å². The summed E-state index contributed by atoms with van der Waals surface area (Å²) in [6.45, 7) is 4.44. The Morgan fingerprint density at radius 1 is 1.44 bits per heavy atom. The van der Waals surface area contributed by atoms with Gasteiger partial charge in [0.05, 0.1) is 0 Å². The topological polar surface area (TPSA) is 56.2 Å². The summed E-state index contributed by atoms with van der Waals surface area (Å²) in [7, 11) is 0. The van der Waals surface area contributed by atoms with Crippen molar-refractivity contribution in [2.75, 3.05) is 5.73 Å². The smallest absolute Gasteiger partial charge is 0.151 e. The first kappa shape index (κ1) is 10.9. The van der Waals surface area contributed by atoms with E-state index < -0.39 is 0 Å². The van der Waals surface area contributed by atoms with E-state index in [0.717, 1.165) is 5.52 Å². The van der Waals surface area contributed by atoms with Crippen molar-refractivity contribution >= 4 is 11.3 Å². The van der Waals surface area contributed by atoms with Crippen LogP contribution in [0.5, 0.6) is 0 Å². The third-order valence-electron chi connectivity index (χ3n) is 3.01. The second-order valence-corrected chi connectivity index (χ2v) is 4.24. The molecule has 2 N–H and O–H groups in total. The van der Waals surface area contributed by atoms with Crippen LogP contribution in [0.15, 0.2) is 18.5 Å². The molecule has 2 aromatic rings. The zero-order chi connectivity index (χ0) is 11.5. The van der Waals surface area contributed by atoms with Crippen molar-refractivity contribution in [3.05, 3.63) is 24.2 Å². The number of hydrogen-bond donors (Lipinski definition) is 1. The van der Waals surface area contributed by atoms with Gasteiger partial charge in [-0.3, -0.25) is 0 Å². The van der Waals surface area contributed by atoms with Crippen LogP contribution in [-0.2, 0) is 0 Å². The third kappa shape index (κ3) is 1.87. The van der Waals surface area contributed by atoms with Crippen molar-refractivity contribution in [1.82, 2.24) is 14.6 Å². The van der Waals surface area contributed by atoms with E-state index in [0.29, 0.717) is 11.7 Å². The monoisotopic (exact) mass is 218 g/mol. The Bertz CT molecular complexity index is 475. The molecule has 0 aliphatic rings. The number of nitrogens with two attached hydrogens (primary N) is 1. The third-order valence-corrected chi connectivity index (χ3v) is 3.01. The Kier molecular flexibility index (Phi) is 3.08. The molecule has 86 valence electrons. The minimum Gasteiger partial charge on any atom is -0.382 e. The molecular weight excluding hydrogens is 200 g/mol. The predicted octanol–water partition coefficient (Wildman–Crippen LogP) is 2.61. The maximum atomic E-state index is 5.80. The number of aromatic nitrogens is 3. The second kappa shape index (κ2) is 4.51. The maximum Gasteiger partial charge on any atom is 0.151 e. The quantitative estimate of drug-likeness (QED) is 0.858. The average molecular weight is 218 g/mol. The normalized spacial score (nSPS) is 13.1. The summed E-state index contributed by atoms with van der Waals surface area (Å²) in [5, 5.41) is 4.26. The van der Waals surface area contributed by atoms with Crippen LogP contribution in [-0.4, -0.2) is 14.6 Å². The summed E-state index contributed by atoms with van der Waals surface area (Å²) in [5.41, 5.74) is 7.92. The summed E-state index contributed by atoms with van der Waals surface area (Å²) in [6, 6.07) is 4.09. The first-order valence-corrected chi connectivity index (χ1v) is 5.82. The Morgan fingerprint density at radius 2 is 2.25 bits per heavy atom. The number of hydrogen-bond acceptors (Lipinski definition) is 3. The van der Waals surface area contributed by atoms with Crippen LogP contribution in [0, 0.1) is 0 Å². The SMILES string of the molecule is CCCC[C@@H](C)c1ccc2c(N)ncnn12. The van der Waals surface area contributed by atoms with Gasteiger partial charge in [-0.25, -0.2) is 9.50 Å². The number of anilines is 1. The van der Waals surface area contributed by atoms with E-state index in [9.17, 15) is 0 Å². The Morgan fingerprint density at radius 3 is 3.00 bits per heavy atom. The molecule has 0 fully saturated rings. The van der Waals surface area contributed by atoms with Crippen molar-refractivity contribution in [1.29, 1.82) is 0 Å². The molecule has 0 radical (unpaired) electrons. The van der Waals surface area contributed by atoms with Gasteiger partial charge in [-0.1, -0.05) is 26.7 Å². The minimum absolute atomic E-state index is 0.511. The highest BCUT2D eigenvalue weighted by Gasteiger charge is 2.12. The first-order chi connectivity index (χ1) is 7.74. The lowest BCUT2D eigenvalue weighted by Gasteiger charge is -2.10. The van der Waals surface area contributed by atoms with Crippen LogP contribution in [0.1, 0.15) is 44.7 Å². The van der Waals surface area contributed by atoms with E-state index in [1.54, 1.807) is 0 Å². The van der Waals surface area contributed by atoms with Gasteiger partial charge in [0.25, 0.3) is 0 Å². The molecule has 4 heteroatoms. The number of rotatable bonds is 4. The van der Waals surface area contributed by atoms with Gasteiger partial charge in [0.2, 0.25) is 0 Å². The van der Waals surface area contributed by atoms with Crippen LogP contribution in [0.2, 0.25) is 0 Å². The van der Waals surface area contributed by atoms with Gasteiger partial charge in [0.15, 0.2) is 5.82 Å². The van der Waals surface area contributed by atoms with Crippen molar-refractivity contribution in [2.45, 2.75) is 39.0 Å². The van der Waals surface area contributed by atoms with E-state index >= 15 is 0 Å². The summed E-state index contributed by atoms with van der Waals surface area (Å²) in [5.74, 6) is 1.06. The molecule has 2 rings (SSSR count). The summed E-state index contributed by atoms with van der Waals surface area (Å²) in [6.07, 6.45) is 5.17. The van der Waals surface area contributed by atoms with Gasteiger partial charge in [0, 0.05) is 5.69 Å². The fourth-order valence-electron chi connectivity index (χ4n) is 2.00. The number of nitrogen functional groups attached to an aromatic ring is 1. The van der Waals surface area contributed by atoms with Gasteiger partial charge in [-0.05, 0) is 24.5 Å². The molecule has 0 aromatic carbocycles. The number of fused-ring (bicyclic) bond motifs is 1. The molecule has 2 heterocycles. The molecule has 0 amide bonds. The van der Waals surface area contributed by atoms with Crippen LogP contribution in [0.4, 0.5) is 5.82 Å². The van der Waals surface area contributed by atoms with Crippen molar-refractivity contribution in [2.24, 2.45) is 0 Å². The van der Waals surface area contributed by atoms with E-state index in [4.69, 9.17) is 5.73 Å². The predicted molar refractivity (Wildman–Crippen MR) is 65.3 cm³/mol. The van der Waals surface area contributed by atoms with E-state index in [-0.39, 0.29) is 0 Å². The zero-order valence-corrected chi connectivity index (χ0v) is 9.85. The van der Waals surface area contributed by atoms with Gasteiger partial charge in [-0.15, -0.1) is 0 Å². The highest BCUT2D eigenvalue weighted by molar-refractivity contribution is 5.65. The fourth-order valence-corrected chi connectivity index (χ4v) is 2.00. The molecular formula is C12H18N4. The summed E-state index contributed by atoms with van der Waals surface area (Å²) < 4.78 is 1.91. The molecule has 4 nitrogen and oxygen atoms in total. The summed E-state index contributed by atoms with van der Waals surface area (Å²) in [4.78, 5) is 3.99. The van der Waals surface area contributed by atoms with E-state index in [1.807, 2.05) is 10.6 Å². The molecule has 0 saturated carbocycles. The lowest BCUT2D eigenvalue weighted by atomic mass is 10.0. The first-order valence-electron chi connectivity index (χ1n) is 5.82. The molecule has 16 heavy (non-hydrogen) atoms. The summed E-state index contributed by atoms with van der Waals surface area (Å²) >= 11 is 0. The molecule has 0 spiro atoms. The maximum absolute atomic E-state index is 5.80. The lowest BCUT2D eigenvalue weighted by Crippen LogP contribution is -2.04. The average Bonchev–Trinajstić information content (AvgIpc) is 2.71. The molecule has 0 bridgehead atoms. The molecule has 2 aromatic heterocycles. The van der Waals surface area contributed by atoms with Crippen molar-refractivity contribution in [3.8, 4) is 0 Å². The Balaban J connectivity index is 2.34. The van der Waals surface area contributed by atoms with Crippen LogP contribution < -0.4 is 5.73 Å². The van der Waals surface area contributed by atoms with Gasteiger partial charge < -0.3 is 5.73 Å². The molecule has 1 atom stereocenters. The number of unbranched alkanes of at least 4 members (excludes halogenated alkanes) is 1. The van der Waals surface area contributed by atoms with Crippen LogP contribution in [0.3, 0.4) is 0 Å². The Hall–Kier alpha value is -1.58. The van der Waals surface area contributed by atoms with Crippen molar-refractivity contribution in [3.63, 3.8) is 0 Å². The molecule has 0 unspecified atom stereocenters. The van der Waals surface area contributed by atoms with E-state index in [2.05, 4.69) is 30.0 Å².